The first-order valence-corrected chi connectivity index (χ1v) is 12.1. The van der Waals surface area contributed by atoms with Gasteiger partial charge < -0.3 is 15.5 Å². The minimum Gasteiger partial charge on any atom is -0.357 e. The third-order valence-corrected chi connectivity index (χ3v) is 5.99. The third kappa shape index (κ3) is 8.32. The Bertz CT molecular complexity index is 765. The second-order valence-corrected chi connectivity index (χ2v) is 9.80. The van der Waals surface area contributed by atoms with Crippen LogP contribution in [0.3, 0.4) is 0 Å². The predicted octanol–water partition coefficient (Wildman–Crippen LogP) is 2.09. The fraction of sp³-hybridized carbons (Fsp3) is 0.632. The SMILES string of the molecule is CCNC(=NCCc1ccc(F)cc1Cl)NC1CCN(CCS(C)(=O)=O)CC1. The molecular weight excluding hydrogens is 403 g/mol. The van der Waals surface area contributed by atoms with Gasteiger partial charge in [0.2, 0.25) is 0 Å². The van der Waals surface area contributed by atoms with Crippen LogP contribution in [0.4, 0.5) is 4.39 Å². The lowest BCUT2D eigenvalue weighted by molar-refractivity contribution is 0.216. The van der Waals surface area contributed by atoms with Gasteiger partial charge in [-0.05, 0) is 43.9 Å². The van der Waals surface area contributed by atoms with Gasteiger partial charge in [-0.25, -0.2) is 12.8 Å². The van der Waals surface area contributed by atoms with E-state index in [1.165, 1.54) is 18.4 Å². The molecule has 1 aromatic rings. The standard InChI is InChI=1S/C19H30ClFN4O2S/c1-3-22-19(23-9-6-15-4-5-16(21)14-18(15)20)24-17-7-10-25(11-8-17)12-13-28(2,26)27/h4-5,14,17H,3,6-13H2,1-2H3,(H2,22,23,24). The first kappa shape index (κ1) is 22.9. The van der Waals surface area contributed by atoms with Crippen molar-refractivity contribution in [2.75, 3.05) is 44.7 Å². The van der Waals surface area contributed by atoms with Crippen molar-refractivity contribution in [2.45, 2.75) is 32.2 Å². The Morgan fingerprint density at radius 1 is 1.36 bits per heavy atom. The van der Waals surface area contributed by atoms with Crippen molar-refractivity contribution in [1.82, 2.24) is 15.5 Å². The zero-order chi connectivity index (χ0) is 20.6. The quantitative estimate of drug-likeness (QED) is 0.486. The maximum atomic E-state index is 13.1. The summed E-state index contributed by atoms with van der Waals surface area (Å²) in [5.74, 6) is 0.631. The molecule has 1 fully saturated rings. The van der Waals surface area contributed by atoms with Gasteiger partial charge in [-0.3, -0.25) is 4.99 Å². The Kier molecular flexibility index (Phi) is 8.98. The van der Waals surface area contributed by atoms with E-state index < -0.39 is 9.84 Å². The zero-order valence-electron chi connectivity index (χ0n) is 16.5. The monoisotopic (exact) mass is 432 g/mol. The molecule has 1 aliphatic rings. The molecule has 158 valence electrons. The molecule has 1 aliphatic heterocycles. The lowest BCUT2D eigenvalue weighted by Gasteiger charge is -2.32. The molecule has 1 saturated heterocycles. The Morgan fingerprint density at radius 2 is 2.07 bits per heavy atom. The first-order chi connectivity index (χ1) is 13.3. The molecule has 28 heavy (non-hydrogen) atoms. The number of aliphatic imine (C=N–C) groups is 1. The second-order valence-electron chi connectivity index (χ2n) is 7.14. The lowest BCUT2D eigenvalue weighted by atomic mass is 10.1. The summed E-state index contributed by atoms with van der Waals surface area (Å²) < 4.78 is 35.7. The van der Waals surface area contributed by atoms with Gasteiger partial charge in [0.05, 0.1) is 5.75 Å². The maximum Gasteiger partial charge on any atom is 0.191 e. The van der Waals surface area contributed by atoms with E-state index in [1.807, 2.05) is 6.92 Å². The molecule has 0 radical (unpaired) electrons. The summed E-state index contributed by atoms with van der Waals surface area (Å²) in [5, 5.41) is 7.14. The van der Waals surface area contributed by atoms with Crippen LogP contribution in [0.2, 0.25) is 5.02 Å². The molecule has 1 heterocycles. The Balaban J connectivity index is 1.81. The molecule has 2 rings (SSSR count). The van der Waals surface area contributed by atoms with Crippen molar-refractivity contribution in [1.29, 1.82) is 0 Å². The van der Waals surface area contributed by atoms with Gasteiger partial charge in [0.1, 0.15) is 15.7 Å². The number of likely N-dealkylation sites (tertiary alicyclic amines) is 1. The van der Waals surface area contributed by atoms with Crippen molar-refractivity contribution in [2.24, 2.45) is 4.99 Å². The molecule has 0 atom stereocenters. The van der Waals surface area contributed by atoms with Crippen molar-refractivity contribution < 1.29 is 12.8 Å². The third-order valence-electron chi connectivity index (χ3n) is 4.72. The average molecular weight is 433 g/mol. The van der Waals surface area contributed by atoms with E-state index in [9.17, 15) is 12.8 Å². The lowest BCUT2D eigenvalue weighted by Crippen LogP contribution is -2.49. The Hall–Kier alpha value is -1.38. The second kappa shape index (κ2) is 11.0. The predicted molar refractivity (Wildman–Crippen MR) is 113 cm³/mol. The number of benzene rings is 1. The molecule has 0 unspecified atom stereocenters. The number of sulfone groups is 1. The highest BCUT2D eigenvalue weighted by Crippen LogP contribution is 2.17. The topological polar surface area (TPSA) is 73.8 Å². The van der Waals surface area contributed by atoms with Crippen LogP contribution >= 0.6 is 11.6 Å². The smallest absolute Gasteiger partial charge is 0.191 e. The van der Waals surface area contributed by atoms with E-state index in [2.05, 4.69) is 20.5 Å². The van der Waals surface area contributed by atoms with E-state index >= 15 is 0 Å². The van der Waals surface area contributed by atoms with Gasteiger partial charge in [-0.1, -0.05) is 17.7 Å². The van der Waals surface area contributed by atoms with Gasteiger partial charge in [-0.15, -0.1) is 0 Å². The van der Waals surface area contributed by atoms with Crippen LogP contribution in [-0.2, 0) is 16.3 Å². The van der Waals surface area contributed by atoms with E-state index in [0.29, 0.717) is 30.6 Å². The molecule has 1 aromatic carbocycles. The number of hydrogen-bond acceptors (Lipinski definition) is 4. The molecule has 0 amide bonds. The number of piperidine rings is 1. The van der Waals surface area contributed by atoms with Gasteiger partial charge in [-0.2, -0.15) is 0 Å². The summed E-state index contributed by atoms with van der Waals surface area (Å²) in [7, 11) is -2.92. The van der Waals surface area contributed by atoms with E-state index in [0.717, 1.165) is 44.0 Å². The number of halogens is 2. The van der Waals surface area contributed by atoms with Crippen LogP contribution in [-0.4, -0.2) is 70.1 Å². The molecule has 9 heteroatoms. The minimum absolute atomic E-state index is 0.209. The largest absolute Gasteiger partial charge is 0.357 e. The fourth-order valence-corrected chi connectivity index (χ4v) is 3.97. The van der Waals surface area contributed by atoms with Crippen LogP contribution in [0, 0.1) is 5.82 Å². The minimum atomic E-state index is -2.92. The molecular formula is C19H30ClFN4O2S. The average Bonchev–Trinajstić information content (AvgIpc) is 2.62. The summed E-state index contributed by atoms with van der Waals surface area (Å²) in [4.78, 5) is 6.80. The fourth-order valence-electron chi connectivity index (χ4n) is 3.12. The number of nitrogens with zero attached hydrogens (tertiary/aromatic N) is 2. The number of rotatable bonds is 8. The summed E-state index contributed by atoms with van der Waals surface area (Å²) in [5.41, 5.74) is 0.877. The first-order valence-electron chi connectivity index (χ1n) is 9.65. The number of hydrogen-bond donors (Lipinski definition) is 2. The van der Waals surface area contributed by atoms with Gasteiger partial charge >= 0.3 is 0 Å². The highest BCUT2D eigenvalue weighted by molar-refractivity contribution is 7.90. The van der Waals surface area contributed by atoms with Gasteiger partial charge in [0, 0.05) is 50.0 Å². The van der Waals surface area contributed by atoms with Crippen LogP contribution in [0.5, 0.6) is 0 Å². The van der Waals surface area contributed by atoms with Gasteiger partial charge in [0.15, 0.2) is 5.96 Å². The Labute approximate surface area is 172 Å². The summed E-state index contributed by atoms with van der Waals surface area (Å²) in [6, 6.07) is 4.73. The molecule has 0 bridgehead atoms. The normalized spacial score (nSPS) is 16.9. The summed E-state index contributed by atoms with van der Waals surface area (Å²) in [6.07, 6.45) is 3.80. The van der Waals surface area contributed by atoms with Crippen LogP contribution in [0.15, 0.2) is 23.2 Å². The van der Waals surface area contributed by atoms with Crippen LogP contribution < -0.4 is 10.6 Å². The maximum absolute atomic E-state index is 13.1. The van der Waals surface area contributed by atoms with Crippen LogP contribution in [0.1, 0.15) is 25.3 Å². The zero-order valence-corrected chi connectivity index (χ0v) is 18.1. The number of nitrogens with one attached hydrogen (secondary N) is 2. The van der Waals surface area contributed by atoms with Crippen molar-refractivity contribution in [3.05, 3.63) is 34.6 Å². The van der Waals surface area contributed by atoms with Gasteiger partial charge in [0.25, 0.3) is 0 Å². The summed E-state index contributed by atoms with van der Waals surface area (Å²) in [6.45, 7) is 5.67. The van der Waals surface area contributed by atoms with E-state index in [-0.39, 0.29) is 11.6 Å². The molecule has 0 saturated carbocycles. The highest BCUT2D eigenvalue weighted by Gasteiger charge is 2.20. The number of guanidine groups is 1. The molecule has 2 N–H and O–H groups in total. The molecule has 0 aromatic heterocycles. The van der Waals surface area contributed by atoms with Crippen molar-refractivity contribution in [3.63, 3.8) is 0 Å². The van der Waals surface area contributed by atoms with E-state index in [1.54, 1.807) is 6.07 Å². The van der Waals surface area contributed by atoms with Crippen molar-refractivity contribution in [3.8, 4) is 0 Å². The van der Waals surface area contributed by atoms with Crippen molar-refractivity contribution >= 4 is 27.4 Å². The molecule has 0 aliphatic carbocycles. The van der Waals surface area contributed by atoms with E-state index in [4.69, 9.17) is 11.6 Å². The Morgan fingerprint density at radius 3 is 2.68 bits per heavy atom. The summed E-state index contributed by atoms with van der Waals surface area (Å²) >= 11 is 6.07. The highest BCUT2D eigenvalue weighted by atomic mass is 35.5. The molecule has 0 spiro atoms. The molecule has 6 nitrogen and oxygen atoms in total. The van der Waals surface area contributed by atoms with Crippen LogP contribution in [0.25, 0.3) is 0 Å².